The Balaban J connectivity index is 1.87. The number of benzene rings is 1. The quantitative estimate of drug-likeness (QED) is 0.848. The first-order valence-corrected chi connectivity index (χ1v) is 7.35. The average molecular weight is 299 g/mol. The van der Waals surface area contributed by atoms with Gasteiger partial charge in [0, 0.05) is 31.9 Å². The van der Waals surface area contributed by atoms with Gasteiger partial charge in [0.1, 0.15) is 0 Å². The zero-order chi connectivity index (χ0) is 16.1. The van der Waals surface area contributed by atoms with E-state index >= 15 is 0 Å². The fraction of sp³-hybridized carbons (Fsp3) is 0.412. The summed E-state index contributed by atoms with van der Waals surface area (Å²) in [5.74, 6) is 1.81. The van der Waals surface area contributed by atoms with Crippen molar-refractivity contribution < 1.29 is 9.59 Å². The summed E-state index contributed by atoms with van der Waals surface area (Å²) < 4.78 is 0. The van der Waals surface area contributed by atoms with Crippen molar-refractivity contribution in [2.75, 3.05) is 38.0 Å². The molecule has 22 heavy (non-hydrogen) atoms. The third-order valence-electron chi connectivity index (χ3n) is 3.90. The molecule has 1 saturated heterocycles. The molecule has 5 nitrogen and oxygen atoms in total. The van der Waals surface area contributed by atoms with Gasteiger partial charge in [0.2, 0.25) is 5.91 Å². The predicted octanol–water partition coefficient (Wildman–Crippen LogP) is 1.02. The molecule has 0 radical (unpaired) electrons. The van der Waals surface area contributed by atoms with Crippen LogP contribution in [0.1, 0.15) is 11.1 Å². The molecule has 5 heteroatoms. The highest BCUT2D eigenvalue weighted by Crippen LogP contribution is 2.19. The molecule has 1 aliphatic rings. The number of para-hydroxylation sites is 1. The molecule has 0 spiro atoms. The summed E-state index contributed by atoms with van der Waals surface area (Å²) in [4.78, 5) is 27.3. The van der Waals surface area contributed by atoms with Gasteiger partial charge in [-0.15, -0.1) is 6.42 Å². The molecule has 0 aromatic heterocycles. The third kappa shape index (κ3) is 3.86. The molecule has 0 unspecified atom stereocenters. The SMILES string of the molecule is C#CC(=O)N1CCN(CC(=O)Nc2c(C)cccc2C)CC1. The average Bonchev–Trinajstić information content (AvgIpc) is 2.51. The second kappa shape index (κ2) is 7.10. The number of carbonyl (C=O) groups is 2. The number of nitrogens with zero attached hydrogens (tertiary/aromatic N) is 2. The molecule has 0 aliphatic carbocycles. The van der Waals surface area contributed by atoms with Crippen molar-refractivity contribution in [2.24, 2.45) is 0 Å². The van der Waals surface area contributed by atoms with Crippen molar-refractivity contribution in [2.45, 2.75) is 13.8 Å². The summed E-state index contributed by atoms with van der Waals surface area (Å²) >= 11 is 0. The molecule has 2 rings (SSSR count). The Morgan fingerprint density at radius 1 is 1.18 bits per heavy atom. The van der Waals surface area contributed by atoms with Crippen LogP contribution in [-0.4, -0.2) is 54.3 Å². The summed E-state index contributed by atoms with van der Waals surface area (Å²) in [7, 11) is 0. The Morgan fingerprint density at radius 3 is 2.32 bits per heavy atom. The third-order valence-corrected chi connectivity index (χ3v) is 3.90. The van der Waals surface area contributed by atoms with Crippen LogP contribution in [0.25, 0.3) is 0 Å². The highest BCUT2D eigenvalue weighted by atomic mass is 16.2. The van der Waals surface area contributed by atoms with Gasteiger partial charge in [0.15, 0.2) is 0 Å². The van der Waals surface area contributed by atoms with E-state index in [9.17, 15) is 9.59 Å². The second-order valence-corrected chi connectivity index (χ2v) is 5.53. The molecule has 1 aromatic rings. The van der Waals surface area contributed by atoms with Crippen LogP contribution in [0.5, 0.6) is 0 Å². The van der Waals surface area contributed by atoms with Crippen molar-refractivity contribution in [3.8, 4) is 12.3 Å². The van der Waals surface area contributed by atoms with Gasteiger partial charge < -0.3 is 10.2 Å². The van der Waals surface area contributed by atoms with Crippen LogP contribution in [0.4, 0.5) is 5.69 Å². The number of rotatable bonds is 3. The number of nitrogens with one attached hydrogen (secondary N) is 1. The monoisotopic (exact) mass is 299 g/mol. The Labute approximate surface area is 131 Å². The molecular formula is C17H21N3O2. The van der Waals surface area contributed by atoms with Gasteiger partial charge in [-0.2, -0.15) is 0 Å². The van der Waals surface area contributed by atoms with E-state index in [1.807, 2.05) is 36.9 Å². The van der Waals surface area contributed by atoms with Crippen LogP contribution in [0.2, 0.25) is 0 Å². The molecule has 116 valence electrons. The maximum absolute atomic E-state index is 12.2. The Morgan fingerprint density at radius 2 is 1.77 bits per heavy atom. The minimum Gasteiger partial charge on any atom is -0.329 e. The van der Waals surface area contributed by atoms with Crippen molar-refractivity contribution >= 4 is 17.5 Å². The lowest BCUT2D eigenvalue weighted by molar-refractivity contribution is -0.127. The van der Waals surface area contributed by atoms with Crippen LogP contribution in [0, 0.1) is 26.2 Å². The molecule has 1 aliphatic heterocycles. The van der Waals surface area contributed by atoms with Gasteiger partial charge in [-0.05, 0) is 30.9 Å². The number of hydrogen-bond acceptors (Lipinski definition) is 3. The van der Waals surface area contributed by atoms with Crippen LogP contribution in [0.15, 0.2) is 18.2 Å². The fourth-order valence-electron chi connectivity index (χ4n) is 2.59. The first-order chi connectivity index (χ1) is 10.5. The standard InChI is InChI=1S/C17H21N3O2/c1-4-16(22)20-10-8-19(9-11-20)12-15(21)18-17-13(2)6-5-7-14(17)3/h1,5-7H,8-12H2,2-3H3,(H,18,21). The van der Waals surface area contributed by atoms with Gasteiger partial charge in [-0.25, -0.2) is 0 Å². The van der Waals surface area contributed by atoms with E-state index in [-0.39, 0.29) is 11.8 Å². The summed E-state index contributed by atoms with van der Waals surface area (Å²) in [6.07, 6.45) is 5.11. The van der Waals surface area contributed by atoms with Crippen LogP contribution < -0.4 is 5.32 Å². The smallest absolute Gasteiger partial charge is 0.298 e. The maximum Gasteiger partial charge on any atom is 0.298 e. The van der Waals surface area contributed by atoms with E-state index in [1.165, 1.54) is 0 Å². The number of terminal acetylenes is 1. The minimum atomic E-state index is -0.278. The van der Waals surface area contributed by atoms with Crippen LogP contribution >= 0.6 is 0 Å². The molecular weight excluding hydrogens is 278 g/mol. The molecule has 2 amide bonds. The van der Waals surface area contributed by atoms with Gasteiger partial charge in [-0.3, -0.25) is 14.5 Å². The lowest BCUT2D eigenvalue weighted by atomic mass is 10.1. The summed E-state index contributed by atoms with van der Waals surface area (Å²) in [6, 6.07) is 5.93. The number of hydrogen-bond donors (Lipinski definition) is 1. The van der Waals surface area contributed by atoms with Gasteiger partial charge in [0.05, 0.1) is 6.54 Å². The van der Waals surface area contributed by atoms with E-state index in [4.69, 9.17) is 6.42 Å². The lowest BCUT2D eigenvalue weighted by Crippen LogP contribution is -2.50. The molecule has 1 N–H and O–H groups in total. The van der Waals surface area contributed by atoms with Crippen molar-refractivity contribution in [1.29, 1.82) is 0 Å². The Kier molecular flexibility index (Phi) is 5.18. The molecule has 1 aromatic carbocycles. The molecule has 1 fully saturated rings. The zero-order valence-corrected chi connectivity index (χ0v) is 13.1. The lowest BCUT2D eigenvalue weighted by Gasteiger charge is -2.33. The van der Waals surface area contributed by atoms with E-state index in [2.05, 4.69) is 11.2 Å². The Bertz CT molecular complexity index is 591. The van der Waals surface area contributed by atoms with E-state index in [0.717, 1.165) is 16.8 Å². The Hall–Kier alpha value is -2.32. The minimum absolute atomic E-state index is 0.0332. The van der Waals surface area contributed by atoms with Gasteiger partial charge >= 0.3 is 0 Å². The number of piperazine rings is 1. The predicted molar refractivity (Wildman–Crippen MR) is 86.4 cm³/mol. The van der Waals surface area contributed by atoms with Gasteiger partial charge in [0.25, 0.3) is 5.91 Å². The summed E-state index contributed by atoms with van der Waals surface area (Å²) in [5, 5.41) is 2.98. The highest BCUT2D eigenvalue weighted by Gasteiger charge is 2.21. The molecule has 0 bridgehead atoms. The number of carbonyl (C=O) groups excluding carboxylic acids is 2. The van der Waals surface area contributed by atoms with E-state index < -0.39 is 0 Å². The topological polar surface area (TPSA) is 52.7 Å². The normalized spacial score (nSPS) is 15.2. The first kappa shape index (κ1) is 16.1. The summed E-state index contributed by atoms with van der Waals surface area (Å²) in [5.41, 5.74) is 2.99. The van der Waals surface area contributed by atoms with Crippen LogP contribution in [-0.2, 0) is 9.59 Å². The van der Waals surface area contributed by atoms with E-state index in [1.54, 1.807) is 4.90 Å². The van der Waals surface area contributed by atoms with Crippen molar-refractivity contribution in [1.82, 2.24) is 9.80 Å². The largest absolute Gasteiger partial charge is 0.329 e. The van der Waals surface area contributed by atoms with Crippen LogP contribution in [0.3, 0.4) is 0 Å². The zero-order valence-electron chi connectivity index (χ0n) is 13.1. The van der Waals surface area contributed by atoms with Gasteiger partial charge in [-0.1, -0.05) is 18.2 Å². The molecule has 0 atom stereocenters. The maximum atomic E-state index is 12.2. The van der Waals surface area contributed by atoms with Crippen molar-refractivity contribution in [3.63, 3.8) is 0 Å². The second-order valence-electron chi connectivity index (χ2n) is 5.53. The van der Waals surface area contributed by atoms with Crippen molar-refractivity contribution in [3.05, 3.63) is 29.3 Å². The number of anilines is 1. The van der Waals surface area contributed by atoms with E-state index in [0.29, 0.717) is 32.7 Å². The number of aryl methyl sites for hydroxylation is 2. The number of amides is 2. The molecule has 1 heterocycles. The fourth-order valence-corrected chi connectivity index (χ4v) is 2.59. The highest BCUT2D eigenvalue weighted by molar-refractivity contribution is 5.94. The summed E-state index contributed by atoms with van der Waals surface area (Å²) in [6.45, 7) is 6.74. The molecule has 0 saturated carbocycles. The first-order valence-electron chi connectivity index (χ1n) is 7.35.